The number of nitrogens with zero attached hydrogens (tertiary/aromatic N) is 1. The van der Waals surface area contributed by atoms with Gasteiger partial charge in [-0.2, -0.15) is 0 Å². The molecule has 0 aliphatic carbocycles. The van der Waals surface area contributed by atoms with Gasteiger partial charge in [0.2, 0.25) is 0 Å². The zero-order valence-electron chi connectivity index (χ0n) is 26.5. The summed E-state index contributed by atoms with van der Waals surface area (Å²) in [5, 5.41) is 11.2. The van der Waals surface area contributed by atoms with Crippen molar-refractivity contribution in [3.8, 4) is 33.4 Å². The quantitative estimate of drug-likeness (QED) is 0.179. The third-order valence-electron chi connectivity index (χ3n) is 9.51. The van der Waals surface area contributed by atoms with E-state index < -0.39 is 0 Å². The molecule has 0 unspecified atom stereocenters. The molecular weight excluding hydrogens is 587 g/mol. The molecule has 47 heavy (non-hydrogen) atoms. The highest BCUT2D eigenvalue weighted by Gasteiger charge is 2.26. The lowest BCUT2D eigenvalue weighted by atomic mass is 9.84. The maximum absolute atomic E-state index is 5.03. The highest BCUT2D eigenvalue weighted by Crippen LogP contribution is 2.46. The molecular formula is C45H33NS. The normalized spacial score (nSPS) is 14.3. The second-order valence-corrected chi connectivity index (χ2v) is 14.2. The Kier molecular flexibility index (Phi) is 6.55. The summed E-state index contributed by atoms with van der Waals surface area (Å²) >= 11 is 1.86. The van der Waals surface area contributed by atoms with Crippen LogP contribution in [0.2, 0.25) is 0 Å². The Morgan fingerprint density at radius 2 is 0.936 bits per heavy atom. The molecule has 0 aromatic heterocycles. The summed E-state index contributed by atoms with van der Waals surface area (Å²) in [6.45, 7) is 4.43. The SMILES string of the molecule is CC1(C)CSC(c2cccc(-c3ccc4c(-c5ccc6ccccc6c5)c5ccccc5c(-c5ccc6ccccc6c5)c4c3)c2)=N1. The second kappa shape index (κ2) is 11.0. The Labute approximate surface area is 279 Å². The van der Waals surface area contributed by atoms with Gasteiger partial charge in [0, 0.05) is 11.3 Å². The van der Waals surface area contributed by atoms with Crippen LogP contribution in [-0.4, -0.2) is 16.3 Å². The van der Waals surface area contributed by atoms with Crippen LogP contribution >= 0.6 is 11.8 Å². The lowest BCUT2D eigenvalue weighted by Gasteiger charge is -2.19. The number of fused-ring (bicyclic) bond motifs is 4. The van der Waals surface area contributed by atoms with Crippen LogP contribution in [0.1, 0.15) is 19.4 Å². The molecule has 2 heteroatoms. The third-order valence-corrected chi connectivity index (χ3v) is 11.0. The van der Waals surface area contributed by atoms with Gasteiger partial charge in [0.25, 0.3) is 0 Å². The highest BCUT2D eigenvalue weighted by atomic mass is 32.2. The zero-order chi connectivity index (χ0) is 31.5. The van der Waals surface area contributed by atoms with E-state index in [1.165, 1.54) is 82.0 Å². The summed E-state index contributed by atoms with van der Waals surface area (Å²) in [6.07, 6.45) is 0. The van der Waals surface area contributed by atoms with E-state index in [4.69, 9.17) is 4.99 Å². The first-order valence-corrected chi connectivity index (χ1v) is 17.3. The second-order valence-electron chi connectivity index (χ2n) is 13.3. The molecule has 1 heterocycles. The Hall–Kier alpha value is -5.18. The minimum absolute atomic E-state index is 0.0199. The Bertz CT molecular complexity index is 2560. The molecule has 0 N–H and O–H groups in total. The molecule has 1 aliphatic heterocycles. The van der Waals surface area contributed by atoms with Crippen molar-refractivity contribution in [2.24, 2.45) is 4.99 Å². The molecule has 0 radical (unpaired) electrons. The van der Waals surface area contributed by atoms with Crippen LogP contribution in [0.3, 0.4) is 0 Å². The van der Waals surface area contributed by atoms with Gasteiger partial charge < -0.3 is 0 Å². The van der Waals surface area contributed by atoms with Gasteiger partial charge in [0.1, 0.15) is 0 Å². The van der Waals surface area contributed by atoms with Crippen molar-refractivity contribution in [1.82, 2.24) is 0 Å². The number of hydrogen-bond donors (Lipinski definition) is 0. The van der Waals surface area contributed by atoms with E-state index >= 15 is 0 Å². The van der Waals surface area contributed by atoms with Gasteiger partial charge in [0.05, 0.1) is 10.6 Å². The molecule has 0 bridgehead atoms. The Morgan fingerprint density at radius 1 is 0.426 bits per heavy atom. The summed E-state index contributed by atoms with van der Waals surface area (Å²) in [6, 6.07) is 56.1. The van der Waals surface area contributed by atoms with Crippen LogP contribution < -0.4 is 0 Å². The van der Waals surface area contributed by atoms with E-state index in [0.717, 1.165) is 10.8 Å². The molecule has 0 spiro atoms. The van der Waals surface area contributed by atoms with Crippen molar-refractivity contribution in [1.29, 1.82) is 0 Å². The van der Waals surface area contributed by atoms with Gasteiger partial charge >= 0.3 is 0 Å². The van der Waals surface area contributed by atoms with E-state index in [9.17, 15) is 0 Å². The Balaban J connectivity index is 1.34. The number of aliphatic imine (C=N–C) groups is 1. The first-order chi connectivity index (χ1) is 23.0. The van der Waals surface area contributed by atoms with Crippen LogP contribution in [0.5, 0.6) is 0 Å². The minimum atomic E-state index is -0.0199. The van der Waals surface area contributed by atoms with Crippen LogP contribution in [-0.2, 0) is 0 Å². The van der Waals surface area contributed by atoms with E-state index in [0.29, 0.717) is 0 Å². The first-order valence-electron chi connectivity index (χ1n) is 16.3. The fraction of sp³-hybridized carbons (Fsp3) is 0.0889. The lowest BCUT2D eigenvalue weighted by Crippen LogP contribution is -2.15. The molecule has 0 fully saturated rings. The molecule has 1 aliphatic rings. The average molecular weight is 620 g/mol. The van der Waals surface area contributed by atoms with Gasteiger partial charge in [-0.1, -0.05) is 127 Å². The fourth-order valence-electron chi connectivity index (χ4n) is 7.23. The predicted molar refractivity (Wildman–Crippen MR) is 206 cm³/mol. The molecule has 8 aromatic rings. The van der Waals surface area contributed by atoms with Gasteiger partial charge in [0.15, 0.2) is 0 Å². The number of benzene rings is 8. The smallest absolute Gasteiger partial charge is 0.0984 e. The summed E-state index contributed by atoms with van der Waals surface area (Å²) in [7, 11) is 0. The van der Waals surface area contributed by atoms with E-state index in [1.807, 2.05) is 11.8 Å². The Morgan fingerprint density at radius 3 is 1.55 bits per heavy atom. The average Bonchev–Trinajstić information content (AvgIpc) is 3.49. The predicted octanol–water partition coefficient (Wildman–Crippen LogP) is 12.6. The first kappa shape index (κ1) is 28.1. The van der Waals surface area contributed by atoms with Crippen LogP contribution in [0.4, 0.5) is 0 Å². The van der Waals surface area contributed by atoms with Crippen molar-refractivity contribution in [2.45, 2.75) is 19.4 Å². The monoisotopic (exact) mass is 619 g/mol. The molecule has 1 nitrogen and oxygen atoms in total. The standard InChI is InChI=1S/C45H33NS/c1-45(2)28-47-44(46-45)37-15-9-14-33(26-37)34-22-23-40-41(27-34)43(36-21-19-30-11-4-6-13-32(30)25-36)39-17-8-7-16-38(39)42(40)35-20-18-29-10-3-5-12-31(29)24-35/h3-27H,28H2,1-2H3. The largest absolute Gasteiger partial charge is 0.271 e. The van der Waals surface area contributed by atoms with Crippen molar-refractivity contribution >= 4 is 59.9 Å². The van der Waals surface area contributed by atoms with Crippen LogP contribution in [0, 0.1) is 0 Å². The van der Waals surface area contributed by atoms with Gasteiger partial charge in [-0.25, -0.2) is 0 Å². The van der Waals surface area contributed by atoms with E-state index in [2.05, 4.69) is 166 Å². The maximum atomic E-state index is 5.03. The van der Waals surface area contributed by atoms with Crippen molar-refractivity contribution in [3.05, 3.63) is 157 Å². The van der Waals surface area contributed by atoms with Crippen molar-refractivity contribution in [3.63, 3.8) is 0 Å². The maximum Gasteiger partial charge on any atom is 0.0984 e. The van der Waals surface area contributed by atoms with Crippen molar-refractivity contribution < 1.29 is 0 Å². The van der Waals surface area contributed by atoms with Crippen molar-refractivity contribution in [2.75, 3.05) is 5.75 Å². The van der Waals surface area contributed by atoms with E-state index in [1.54, 1.807) is 0 Å². The van der Waals surface area contributed by atoms with Crippen LogP contribution in [0.15, 0.2) is 157 Å². The molecule has 224 valence electrons. The number of hydrogen-bond acceptors (Lipinski definition) is 2. The molecule has 0 saturated carbocycles. The van der Waals surface area contributed by atoms with E-state index in [-0.39, 0.29) is 5.54 Å². The summed E-state index contributed by atoms with van der Waals surface area (Å²) < 4.78 is 0. The third kappa shape index (κ3) is 4.92. The number of thioether (sulfide) groups is 1. The number of rotatable bonds is 4. The molecule has 0 saturated heterocycles. The lowest BCUT2D eigenvalue weighted by molar-refractivity contribution is 0.605. The minimum Gasteiger partial charge on any atom is -0.271 e. The summed E-state index contributed by atoms with van der Waals surface area (Å²) in [5.41, 5.74) is 8.64. The van der Waals surface area contributed by atoms with Gasteiger partial charge in [-0.05, 0) is 115 Å². The summed E-state index contributed by atoms with van der Waals surface area (Å²) in [5.74, 6) is 1.02. The highest BCUT2D eigenvalue weighted by molar-refractivity contribution is 8.14. The molecule has 8 aromatic carbocycles. The molecule has 0 atom stereocenters. The fourth-order valence-corrected chi connectivity index (χ4v) is 8.39. The summed E-state index contributed by atoms with van der Waals surface area (Å²) in [4.78, 5) is 5.03. The van der Waals surface area contributed by atoms with Crippen LogP contribution in [0.25, 0.3) is 76.5 Å². The molecule has 9 rings (SSSR count). The zero-order valence-corrected chi connectivity index (χ0v) is 27.3. The van der Waals surface area contributed by atoms with Gasteiger partial charge in [-0.3, -0.25) is 4.99 Å². The van der Waals surface area contributed by atoms with Gasteiger partial charge in [-0.15, -0.1) is 11.8 Å². The molecule has 0 amide bonds. The topological polar surface area (TPSA) is 12.4 Å².